The molecule has 0 aliphatic heterocycles. The van der Waals surface area contributed by atoms with Crippen molar-refractivity contribution in [3.63, 3.8) is 0 Å². The summed E-state index contributed by atoms with van der Waals surface area (Å²) in [5.41, 5.74) is 9.50. The molecule has 0 fully saturated rings. The van der Waals surface area contributed by atoms with E-state index in [9.17, 15) is 19.7 Å². The van der Waals surface area contributed by atoms with Gasteiger partial charge in [0.05, 0.1) is 9.95 Å². The summed E-state index contributed by atoms with van der Waals surface area (Å²) >= 11 is 18.0. The van der Waals surface area contributed by atoms with E-state index in [2.05, 4.69) is 9.97 Å². The van der Waals surface area contributed by atoms with E-state index in [-0.39, 0.29) is 27.0 Å². The quantitative estimate of drug-likeness (QED) is 0.176. The predicted molar refractivity (Wildman–Crippen MR) is 102 cm³/mol. The zero-order valence-corrected chi connectivity index (χ0v) is 15.7. The number of nitro benzene ring substituents is 1. The van der Waals surface area contributed by atoms with Crippen LogP contribution >= 0.6 is 34.8 Å². The zero-order valence-electron chi connectivity index (χ0n) is 13.5. The van der Waals surface area contributed by atoms with Gasteiger partial charge in [0.25, 0.3) is 5.95 Å². The molecule has 0 radical (unpaired) electrons. The number of nitrogens with zero attached hydrogens (tertiary/aromatic N) is 5. The third kappa shape index (κ3) is 3.83. The summed E-state index contributed by atoms with van der Waals surface area (Å²) in [5.74, 6) is 10.2. The molecule has 2 aromatic rings. The fraction of sp³-hybridized carbons (Fsp3) is 0. The molecule has 0 saturated heterocycles. The van der Waals surface area contributed by atoms with Crippen molar-refractivity contribution >= 4 is 64.3 Å². The first kappa shape index (κ1) is 21.3. The van der Waals surface area contributed by atoms with Crippen molar-refractivity contribution in [3.8, 4) is 11.1 Å². The Balaban J connectivity index is 2.80. The number of carbonyl (C=O) groups is 2. The average molecular weight is 451 g/mol. The maximum Gasteiger partial charge on any atom is 0.336 e. The number of hydrogen-bond donors (Lipinski definition) is 4. The largest absolute Gasteiger partial charge is 0.350 e. The van der Waals surface area contributed by atoms with E-state index < -0.39 is 33.6 Å². The molecule has 0 aliphatic rings. The van der Waals surface area contributed by atoms with Gasteiger partial charge in [-0.3, -0.25) is 10.1 Å². The van der Waals surface area contributed by atoms with Gasteiger partial charge in [0.2, 0.25) is 0 Å². The molecule has 0 saturated carbocycles. The van der Waals surface area contributed by atoms with Gasteiger partial charge in [-0.05, 0) is 6.07 Å². The SMILES string of the molecule is NC(=O)N(N)c1ncc(-c2cc(Cl)c([N+](=O)[O-])c(Cl)c2Cl)c(N(N)C(N)=O)n1. The molecular formula is C12H10Cl3N9O4. The van der Waals surface area contributed by atoms with Gasteiger partial charge in [-0.25, -0.2) is 31.3 Å². The highest BCUT2D eigenvalue weighted by atomic mass is 35.5. The minimum atomic E-state index is -1.15. The summed E-state index contributed by atoms with van der Waals surface area (Å²) in [7, 11) is 0. The van der Waals surface area contributed by atoms with Crippen LogP contribution in [-0.2, 0) is 0 Å². The lowest BCUT2D eigenvalue weighted by Crippen LogP contribution is -2.45. The number of amides is 4. The first-order valence-electron chi connectivity index (χ1n) is 6.85. The fourth-order valence-electron chi connectivity index (χ4n) is 2.01. The zero-order chi connectivity index (χ0) is 21.3. The minimum Gasteiger partial charge on any atom is -0.350 e. The van der Waals surface area contributed by atoms with E-state index in [1.807, 2.05) is 0 Å². The number of hydrogen-bond acceptors (Lipinski definition) is 8. The molecule has 16 heteroatoms. The Morgan fingerprint density at radius 1 is 1.04 bits per heavy atom. The molecule has 28 heavy (non-hydrogen) atoms. The van der Waals surface area contributed by atoms with Crippen molar-refractivity contribution in [2.24, 2.45) is 23.2 Å². The molecule has 1 heterocycles. The number of hydrazine groups is 2. The van der Waals surface area contributed by atoms with E-state index in [0.29, 0.717) is 10.0 Å². The predicted octanol–water partition coefficient (Wildman–Crippen LogP) is 1.53. The van der Waals surface area contributed by atoms with Gasteiger partial charge >= 0.3 is 17.7 Å². The van der Waals surface area contributed by atoms with Crippen LogP contribution in [0.2, 0.25) is 15.1 Å². The number of benzene rings is 1. The highest BCUT2D eigenvalue weighted by Gasteiger charge is 2.28. The molecule has 13 nitrogen and oxygen atoms in total. The second-order valence-electron chi connectivity index (χ2n) is 4.96. The molecule has 1 aromatic carbocycles. The van der Waals surface area contributed by atoms with Crippen LogP contribution in [0, 0.1) is 10.1 Å². The average Bonchev–Trinajstić information content (AvgIpc) is 2.62. The summed E-state index contributed by atoms with van der Waals surface area (Å²) in [6, 6.07) is -1.16. The van der Waals surface area contributed by atoms with E-state index in [1.165, 1.54) is 0 Å². The monoisotopic (exact) mass is 449 g/mol. The van der Waals surface area contributed by atoms with Crippen LogP contribution in [0.25, 0.3) is 11.1 Å². The molecule has 148 valence electrons. The van der Waals surface area contributed by atoms with Gasteiger partial charge in [-0.2, -0.15) is 9.99 Å². The number of anilines is 2. The molecule has 8 N–H and O–H groups in total. The van der Waals surface area contributed by atoms with Crippen LogP contribution in [0.5, 0.6) is 0 Å². The Kier molecular flexibility index (Phi) is 6.06. The van der Waals surface area contributed by atoms with E-state index in [0.717, 1.165) is 12.3 Å². The maximum atomic E-state index is 11.5. The second-order valence-corrected chi connectivity index (χ2v) is 6.13. The van der Waals surface area contributed by atoms with Crippen molar-refractivity contribution in [1.29, 1.82) is 0 Å². The van der Waals surface area contributed by atoms with E-state index in [4.69, 9.17) is 58.0 Å². The number of aromatic nitrogens is 2. The number of nitrogens with two attached hydrogens (primary N) is 4. The van der Waals surface area contributed by atoms with Gasteiger partial charge < -0.3 is 11.5 Å². The summed E-state index contributed by atoms with van der Waals surface area (Å²) in [6.45, 7) is 0. The topological polar surface area (TPSA) is 214 Å². The van der Waals surface area contributed by atoms with Crippen molar-refractivity contribution in [2.75, 3.05) is 10.0 Å². The number of rotatable bonds is 4. The van der Waals surface area contributed by atoms with Gasteiger partial charge in [0.1, 0.15) is 10.0 Å². The van der Waals surface area contributed by atoms with E-state index >= 15 is 0 Å². The molecular weight excluding hydrogens is 441 g/mol. The highest BCUT2D eigenvalue weighted by molar-refractivity contribution is 6.47. The standard InChI is InChI=1S/C12H10Cl3N9O4/c13-5-1-3(6(14)7(15)8(5)24(27)28)4-2-20-12(23(19)11(17)26)21-9(4)22(18)10(16)25/h1-2H,18-19H2,(H2,16,25)(H2,17,26). The first-order chi connectivity index (χ1) is 13.0. The molecule has 2 rings (SSSR count). The Hall–Kier alpha value is -2.97. The Morgan fingerprint density at radius 3 is 2.11 bits per heavy atom. The van der Waals surface area contributed by atoms with Crippen LogP contribution in [0.1, 0.15) is 0 Å². The molecule has 0 spiro atoms. The van der Waals surface area contributed by atoms with Gasteiger partial charge in [-0.1, -0.05) is 34.8 Å². The van der Waals surface area contributed by atoms with Crippen LogP contribution < -0.4 is 33.2 Å². The Labute approximate surface area is 170 Å². The van der Waals surface area contributed by atoms with Crippen molar-refractivity contribution in [2.45, 2.75) is 0 Å². The van der Waals surface area contributed by atoms with Gasteiger partial charge in [-0.15, -0.1) is 0 Å². The molecule has 4 amide bonds. The molecule has 0 atom stereocenters. The number of nitro groups is 1. The second kappa shape index (κ2) is 7.95. The number of urea groups is 2. The summed E-state index contributed by atoms with van der Waals surface area (Å²) in [6.07, 6.45) is 1.06. The number of halogens is 3. The number of carbonyl (C=O) groups excluding carboxylic acids is 2. The fourth-order valence-corrected chi connectivity index (χ4v) is 2.84. The molecule has 1 aromatic heterocycles. The third-order valence-corrected chi connectivity index (χ3v) is 4.43. The van der Waals surface area contributed by atoms with Crippen LogP contribution in [0.15, 0.2) is 12.3 Å². The lowest BCUT2D eigenvalue weighted by Gasteiger charge is -2.20. The molecule has 0 bridgehead atoms. The van der Waals surface area contributed by atoms with Gasteiger partial charge in [0.15, 0.2) is 5.82 Å². The first-order valence-corrected chi connectivity index (χ1v) is 7.98. The van der Waals surface area contributed by atoms with E-state index in [1.54, 1.807) is 0 Å². The van der Waals surface area contributed by atoms with Crippen LogP contribution in [0.3, 0.4) is 0 Å². The Morgan fingerprint density at radius 2 is 1.61 bits per heavy atom. The van der Waals surface area contributed by atoms with Crippen molar-refractivity contribution < 1.29 is 14.5 Å². The molecule has 0 aliphatic carbocycles. The summed E-state index contributed by atoms with van der Waals surface area (Å²) in [5, 5.41) is 10.7. The Bertz CT molecular complexity index is 1000. The van der Waals surface area contributed by atoms with Gasteiger partial charge in [0, 0.05) is 17.3 Å². The van der Waals surface area contributed by atoms with Crippen molar-refractivity contribution in [3.05, 3.63) is 37.4 Å². The third-order valence-electron chi connectivity index (χ3n) is 3.28. The van der Waals surface area contributed by atoms with Crippen LogP contribution in [-0.4, -0.2) is 27.0 Å². The maximum absolute atomic E-state index is 11.5. The highest BCUT2D eigenvalue weighted by Crippen LogP contribution is 2.45. The smallest absolute Gasteiger partial charge is 0.336 e. The number of primary amides is 2. The lowest BCUT2D eigenvalue weighted by molar-refractivity contribution is -0.384. The minimum absolute atomic E-state index is 0.0110. The summed E-state index contributed by atoms with van der Waals surface area (Å²) < 4.78 is 0. The lowest BCUT2D eigenvalue weighted by atomic mass is 10.1. The molecule has 0 unspecified atom stereocenters. The normalized spacial score (nSPS) is 10.5. The van der Waals surface area contributed by atoms with Crippen molar-refractivity contribution in [1.82, 2.24) is 9.97 Å². The summed E-state index contributed by atoms with van der Waals surface area (Å²) in [4.78, 5) is 40.7. The van der Waals surface area contributed by atoms with Crippen LogP contribution in [0.4, 0.5) is 27.0 Å².